The summed E-state index contributed by atoms with van der Waals surface area (Å²) in [5, 5.41) is 6.74. The van der Waals surface area contributed by atoms with Gasteiger partial charge in [-0.15, -0.1) is 24.0 Å². The molecule has 0 amide bonds. The molecule has 1 aromatic rings. The molecule has 1 fully saturated rings. The average molecular weight is 446 g/mol. The Labute approximate surface area is 163 Å². The highest BCUT2D eigenvalue weighted by atomic mass is 127. The van der Waals surface area contributed by atoms with Crippen LogP contribution in [0.1, 0.15) is 31.2 Å². The van der Waals surface area contributed by atoms with Crippen molar-refractivity contribution in [2.24, 2.45) is 4.99 Å². The largest absolute Gasteiger partial charge is 0.497 e. The molecule has 0 saturated heterocycles. The van der Waals surface area contributed by atoms with E-state index in [2.05, 4.69) is 39.7 Å². The molecule has 2 N–H and O–H groups in total. The van der Waals surface area contributed by atoms with Crippen molar-refractivity contribution in [2.75, 3.05) is 34.3 Å². The highest BCUT2D eigenvalue weighted by Gasteiger charge is 2.18. The first-order valence-electron chi connectivity index (χ1n) is 8.50. The predicted molar refractivity (Wildman–Crippen MR) is 111 cm³/mol. The SMILES string of the molecule is CN=C(NCCN(C)C1CCCC1)NCc1ccc(OC)cc1.I. The second-order valence-corrected chi connectivity index (χ2v) is 6.12. The topological polar surface area (TPSA) is 48.9 Å². The van der Waals surface area contributed by atoms with E-state index in [0.29, 0.717) is 0 Å². The van der Waals surface area contributed by atoms with Crippen LogP contribution in [0.15, 0.2) is 29.3 Å². The van der Waals surface area contributed by atoms with Gasteiger partial charge in [-0.25, -0.2) is 0 Å². The minimum absolute atomic E-state index is 0. The van der Waals surface area contributed by atoms with E-state index in [4.69, 9.17) is 4.74 Å². The Morgan fingerprint density at radius 3 is 2.46 bits per heavy atom. The molecule has 6 heteroatoms. The van der Waals surface area contributed by atoms with Crippen LogP contribution in [0.25, 0.3) is 0 Å². The van der Waals surface area contributed by atoms with Crippen molar-refractivity contribution in [3.05, 3.63) is 29.8 Å². The summed E-state index contributed by atoms with van der Waals surface area (Å²) in [4.78, 5) is 6.75. The second kappa shape index (κ2) is 11.5. The summed E-state index contributed by atoms with van der Waals surface area (Å²) in [5.41, 5.74) is 1.21. The van der Waals surface area contributed by atoms with Crippen LogP contribution in [0.3, 0.4) is 0 Å². The molecule has 0 unspecified atom stereocenters. The fourth-order valence-electron chi connectivity index (χ4n) is 3.03. The normalized spacial score (nSPS) is 15.2. The van der Waals surface area contributed by atoms with Crippen molar-refractivity contribution in [3.8, 4) is 5.75 Å². The molecule has 24 heavy (non-hydrogen) atoms. The summed E-state index contributed by atoms with van der Waals surface area (Å²) in [6, 6.07) is 8.85. The molecular weight excluding hydrogens is 415 g/mol. The Kier molecular flexibility index (Phi) is 10.1. The van der Waals surface area contributed by atoms with Gasteiger partial charge in [-0.1, -0.05) is 25.0 Å². The average Bonchev–Trinajstić information content (AvgIpc) is 3.13. The van der Waals surface area contributed by atoms with Crippen LogP contribution < -0.4 is 15.4 Å². The number of likely N-dealkylation sites (N-methyl/N-ethyl adjacent to an activating group) is 1. The van der Waals surface area contributed by atoms with Crippen LogP contribution in [0, 0.1) is 0 Å². The number of hydrogen-bond donors (Lipinski definition) is 2. The molecular formula is C18H31IN4O. The first kappa shape index (κ1) is 21.0. The maximum atomic E-state index is 5.17. The van der Waals surface area contributed by atoms with E-state index in [0.717, 1.165) is 37.4 Å². The summed E-state index contributed by atoms with van der Waals surface area (Å²) in [5.74, 6) is 1.73. The predicted octanol–water partition coefficient (Wildman–Crippen LogP) is 2.85. The highest BCUT2D eigenvalue weighted by Crippen LogP contribution is 2.21. The molecule has 0 radical (unpaired) electrons. The van der Waals surface area contributed by atoms with Gasteiger partial charge >= 0.3 is 0 Å². The zero-order valence-electron chi connectivity index (χ0n) is 15.0. The number of hydrogen-bond acceptors (Lipinski definition) is 3. The zero-order valence-corrected chi connectivity index (χ0v) is 17.4. The molecule has 0 bridgehead atoms. The second-order valence-electron chi connectivity index (χ2n) is 6.12. The lowest BCUT2D eigenvalue weighted by atomic mass is 10.2. The Bertz CT molecular complexity index is 486. The maximum Gasteiger partial charge on any atom is 0.191 e. The number of methoxy groups -OCH3 is 1. The Morgan fingerprint density at radius 1 is 1.21 bits per heavy atom. The smallest absolute Gasteiger partial charge is 0.191 e. The molecule has 2 rings (SSSR count). The maximum absolute atomic E-state index is 5.17. The van der Waals surface area contributed by atoms with Gasteiger partial charge in [-0.2, -0.15) is 0 Å². The van der Waals surface area contributed by atoms with E-state index >= 15 is 0 Å². The molecule has 136 valence electrons. The number of aliphatic imine (C=N–C) groups is 1. The lowest BCUT2D eigenvalue weighted by molar-refractivity contribution is 0.249. The van der Waals surface area contributed by atoms with Crippen LogP contribution >= 0.6 is 24.0 Å². The highest BCUT2D eigenvalue weighted by molar-refractivity contribution is 14.0. The number of nitrogens with zero attached hydrogens (tertiary/aromatic N) is 2. The number of ether oxygens (including phenoxy) is 1. The molecule has 0 aromatic heterocycles. The van der Waals surface area contributed by atoms with Crippen molar-refractivity contribution in [1.82, 2.24) is 15.5 Å². The van der Waals surface area contributed by atoms with E-state index in [1.165, 1.54) is 31.2 Å². The number of rotatable bonds is 7. The number of nitrogens with one attached hydrogen (secondary N) is 2. The third-order valence-electron chi connectivity index (χ3n) is 4.55. The van der Waals surface area contributed by atoms with Gasteiger partial charge in [0.05, 0.1) is 7.11 Å². The van der Waals surface area contributed by atoms with Gasteiger partial charge in [0.1, 0.15) is 5.75 Å². The van der Waals surface area contributed by atoms with Gasteiger partial charge in [-0.3, -0.25) is 4.99 Å². The summed E-state index contributed by atoms with van der Waals surface area (Å²) < 4.78 is 5.17. The summed E-state index contributed by atoms with van der Waals surface area (Å²) >= 11 is 0. The molecule has 1 aliphatic rings. The quantitative estimate of drug-likeness (QED) is 0.384. The van der Waals surface area contributed by atoms with Crippen molar-refractivity contribution >= 4 is 29.9 Å². The van der Waals surface area contributed by atoms with Crippen molar-refractivity contribution in [3.63, 3.8) is 0 Å². The van der Waals surface area contributed by atoms with Crippen molar-refractivity contribution in [2.45, 2.75) is 38.3 Å². The Morgan fingerprint density at radius 2 is 1.88 bits per heavy atom. The lowest BCUT2D eigenvalue weighted by Crippen LogP contribution is -2.42. The van der Waals surface area contributed by atoms with E-state index in [9.17, 15) is 0 Å². The van der Waals surface area contributed by atoms with E-state index in [1.54, 1.807) is 7.11 Å². The fraction of sp³-hybridized carbons (Fsp3) is 0.611. The third-order valence-corrected chi connectivity index (χ3v) is 4.55. The summed E-state index contributed by atoms with van der Waals surface area (Å²) in [7, 11) is 5.72. The van der Waals surface area contributed by atoms with Gasteiger partial charge in [0.25, 0.3) is 0 Å². The van der Waals surface area contributed by atoms with Gasteiger partial charge in [-0.05, 0) is 37.6 Å². The minimum atomic E-state index is 0. The van der Waals surface area contributed by atoms with E-state index < -0.39 is 0 Å². The van der Waals surface area contributed by atoms with Gasteiger partial charge in [0.15, 0.2) is 5.96 Å². The molecule has 0 aliphatic heterocycles. The molecule has 0 heterocycles. The Balaban J connectivity index is 0.00000288. The van der Waals surface area contributed by atoms with Crippen LogP contribution in [0.2, 0.25) is 0 Å². The Hall–Kier alpha value is -1.02. The van der Waals surface area contributed by atoms with Gasteiger partial charge < -0.3 is 20.3 Å². The molecule has 1 aliphatic carbocycles. The van der Waals surface area contributed by atoms with Crippen LogP contribution in [-0.2, 0) is 6.54 Å². The first-order chi connectivity index (χ1) is 11.2. The van der Waals surface area contributed by atoms with Crippen LogP contribution in [-0.4, -0.2) is 51.2 Å². The number of guanidine groups is 1. The number of halogens is 1. The van der Waals surface area contributed by atoms with Gasteiger partial charge in [0.2, 0.25) is 0 Å². The van der Waals surface area contributed by atoms with Crippen molar-refractivity contribution < 1.29 is 4.74 Å². The molecule has 1 aromatic carbocycles. The first-order valence-corrected chi connectivity index (χ1v) is 8.50. The summed E-state index contributed by atoms with van der Waals surface area (Å²) in [6.45, 7) is 2.71. The molecule has 5 nitrogen and oxygen atoms in total. The van der Waals surface area contributed by atoms with E-state index in [-0.39, 0.29) is 24.0 Å². The monoisotopic (exact) mass is 446 g/mol. The molecule has 1 saturated carbocycles. The van der Waals surface area contributed by atoms with Crippen LogP contribution in [0.4, 0.5) is 0 Å². The fourth-order valence-corrected chi connectivity index (χ4v) is 3.03. The minimum Gasteiger partial charge on any atom is -0.497 e. The third kappa shape index (κ3) is 6.84. The van der Waals surface area contributed by atoms with Crippen LogP contribution in [0.5, 0.6) is 5.75 Å². The standard InChI is InChI=1S/C18H30N4O.HI/c1-19-18(20-12-13-22(2)16-6-4-5-7-16)21-14-15-8-10-17(23-3)11-9-15;/h8-11,16H,4-7,12-14H2,1-3H3,(H2,19,20,21);1H. The number of benzene rings is 1. The molecule has 0 atom stereocenters. The van der Waals surface area contributed by atoms with E-state index in [1.807, 2.05) is 19.2 Å². The zero-order chi connectivity index (χ0) is 16.5. The molecule has 0 spiro atoms. The lowest BCUT2D eigenvalue weighted by Gasteiger charge is -2.24. The van der Waals surface area contributed by atoms with Gasteiger partial charge in [0, 0.05) is 32.7 Å². The summed E-state index contributed by atoms with van der Waals surface area (Å²) in [6.07, 6.45) is 5.46. The van der Waals surface area contributed by atoms with Crippen molar-refractivity contribution in [1.29, 1.82) is 0 Å².